The Morgan fingerprint density at radius 1 is 1.18 bits per heavy atom. The fourth-order valence-corrected chi connectivity index (χ4v) is 4.69. The number of hydrogen-bond acceptors (Lipinski definition) is 13. The van der Waals surface area contributed by atoms with E-state index < -0.39 is 24.5 Å². The van der Waals surface area contributed by atoms with Gasteiger partial charge < -0.3 is 34.7 Å². The minimum atomic E-state index is -1.27. The molecule has 5 rings (SSSR count). The smallest absolute Gasteiger partial charge is 0.293 e. The first kappa shape index (κ1) is 27.2. The topological polar surface area (TPSA) is 183 Å². The molecule has 14 nitrogen and oxygen atoms in total. The zero-order valence-corrected chi connectivity index (χ0v) is 22.5. The Kier molecular flexibility index (Phi) is 7.96. The molecule has 2 aliphatic rings. The van der Waals surface area contributed by atoms with E-state index in [2.05, 4.69) is 44.6 Å². The maximum atomic E-state index is 11.4. The van der Waals surface area contributed by atoms with Gasteiger partial charge in [-0.15, -0.1) is 10.2 Å². The average Bonchev–Trinajstić information content (AvgIpc) is 3.37. The zero-order chi connectivity index (χ0) is 27.7. The zero-order valence-electron chi connectivity index (χ0n) is 22.5. The third-order valence-electron chi connectivity index (χ3n) is 7.39. The van der Waals surface area contributed by atoms with Gasteiger partial charge in [-0.3, -0.25) is 9.36 Å². The number of imidazole rings is 1. The predicted molar refractivity (Wildman–Crippen MR) is 139 cm³/mol. The molecule has 1 saturated carbocycles. The number of anilines is 2. The number of carbonyl (C=O) groups excluding carboxylic acids is 1. The van der Waals surface area contributed by atoms with Crippen molar-refractivity contribution in [3.63, 3.8) is 0 Å². The number of ether oxygens (including phenoxy) is 2. The van der Waals surface area contributed by atoms with Crippen LogP contribution in [0.25, 0.3) is 11.2 Å². The van der Waals surface area contributed by atoms with Crippen molar-refractivity contribution >= 4 is 29.4 Å². The molecule has 1 saturated heterocycles. The van der Waals surface area contributed by atoms with Crippen molar-refractivity contribution in [1.29, 1.82) is 0 Å². The highest BCUT2D eigenvalue weighted by molar-refractivity contribution is 5.84. The molecule has 14 heteroatoms. The van der Waals surface area contributed by atoms with E-state index in [9.17, 15) is 15.0 Å². The Labute approximate surface area is 225 Å². The standard InChI is InChI=1S/C25H36N8O6/c1-5-14(6-2)27-20-16-21(30-25(29-20)28-15(9-34)12(3)4)33(10-26-16)24-19(37-11-35)17(36)18(38-24)23-32-31-22(39-23)13-7-8-13/h10-15,17-19,24,34,36H,5-9H2,1-4H3,(H2,27,28,29,30)/t15-,17-,18+,19-,24-/m1/s1. The van der Waals surface area contributed by atoms with Crippen molar-refractivity contribution in [3.8, 4) is 0 Å². The highest BCUT2D eigenvalue weighted by atomic mass is 16.6. The molecule has 1 aliphatic carbocycles. The molecule has 0 amide bonds. The largest absolute Gasteiger partial charge is 0.457 e. The van der Waals surface area contributed by atoms with Gasteiger partial charge in [-0.2, -0.15) is 9.97 Å². The molecule has 212 valence electrons. The fraction of sp³-hybridized carbons (Fsp3) is 0.680. The lowest BCUT2D eigenvalue weighted by molar-refractivity contribution is -0.142. The molecule has 4 heterocycles. The highest BCUT2D eigenvalue weighted by Gasteiger charge is 2.50. The van der Waals surface area contributed by atoms with Crippen molar-refractivity contribution in [3.05, 3.63) is 18.1 Å². The fourth-order valence-electron chi connectivity index (χ4n) is 4.69. The molecule has 2 fully saturated rings. The van der Waals surface area contributed by atoms with E-state index in [4.69, 9.17) is 18.9 Å². The first-order chi connectivity index (χ1) is 18.9. The third kappa shape index (κ3) is 5.40. The minimum Gasteiger partial charge on any atom is -0.457 e. The number of aromatic nitrogens is 6. The third-order valence-corrected chi connectivity index (χ3v) is 7.39. The van der Waals surface area contributed by atoms with Crippen molar-refractivity contribution in [2.75, 3.05) is 17.2 Å². The number of fused-ring (bicyclic) bond motifs is 1. The summed E-state index contributed by atoms with van der Waals surface area (Å²) in [5.41, 5.74) is 0.876. The van der Waals surface area contributed by atoms with Crippen LogP contribution in [-0.2, 0) is 14.3 Å². The lowest BCUT2D eigenvalue weighted by atomic mass is 10.1. The number of hydrogen-bond donors (Lipinski definition) is 4. The van der Waals surface area contributed by atoms with Crippen LogP contribution in [0.3, 0.4) is 0 Å². The van der Waals surface area contributed by atoms with Gasteiger partial charge in [0.05, 0.1) is 19.0 Å². The van der Waals surface area contributed by atoms with Gasteiger partial charge in [0.25, 0.3) is 6.47 Å². The van der Waals surface area contributed by atoms with Crippen LogP contribution in [0.4, 0.5) is 11.8 Å². The second kappa shape index (κ2) is 11.4. The molecule has 4 N–H and O–H groups in total. The Hall–Kier alpha value is -3.36. The van der Waals surface area contributed by atoms with Gasteiger partial charge in [0, 0.05) is 12.0 Å². The quantitative estimate of drug-likeness (QED) is 0.230. The van der Waals surface area contributed by atoms with Gasteiger partial charge in [-0.25, -0.2) is 4.98 Å². The average molecular weight is 545 g/mol. The summed E-state index contributed by atoms with van der Waals surface area (Å²) in [6.07, 6.45) is 0.850. The summed E-state index contributed by atoms with van der Waals surface area (Å²) in [6.45, 7) is 8.31. The molecule has 0 aromatic carbocycles. The first-order valence-electron chi connectivity index (χ1n) is 13.5. The first-order valence-corrected chi connectivity index (χ1v) is 13.5. The second-order valence-corrected chi connectivity index (χ2v) is 10.4. The molecule has 0 radical (unpaired) electrons. The van der Waals surface area contributed by atoms with Crippen LogP contribution < -0.4 is 10.6 Å². The van der Waals surface area contributed by atoms with Gasteiger partial charge in [-0.1, -0.05) is 27.7 Å². The maximum Gasteiger partial charge on any atom is 0.293 e. The molecule has 0 spiro atoms. The number of rotatable bonds is 13. The molecular weight excluding hydrogens is 508 g/mol. The monoisotopic (exact) mass is 544 g/mol. The van der Waals surface area contributed by atoms with E-state index >= 15 is 0 Å². The normalized spacial score (nSPS) is 24.0. The van der Waals surface area contributed by atoms with E-state index in [0.29, 0.717) is 28.8 Å². The molecule has 5 atom stereocenters. The van der Waals surface area contributed by atoms with Gasteiger partial charge in [-0.05, 0) is 31.6 Å². The lowest BCUT2D eigenvalue weighted by Gasteiger charge is -2.22. The predicted octanol–water partition coefficient (Wildman–Crippen LogP) is 2.29. The van der Waals surface area contributed by atoms with E-state index in [-0.39, 0.29) is 42.9 Å². The molecule has 0 unspecified atom stereocenters. The Morgan fingerprint density at radius 2 is 1.92 bits per heavy atom. The van der Waals surface area contributed by atoms with E-state index in [0.717, 1.165) is 25.7 Å². The Bertz CT molecular complexity index is 1270. The van der Waals surface area contributed by atoms with Crippen LogP contribution >= 0.6 is 0 Å². The SMILES string of the molecule is CCC(CC)Nc1nc(N[C@H](CO)C(C)C)nc2c1ncn2[C@@H]1O[C@H](c2nnc(C3CC3)o2)[C@@H](O)[C@H]1OC=O. The summed E-state index contributed by atoms with van der Waals surface area (Å²) in [5.74, 6) is 1.78. The van der Waals surface area contributed by atoms with Crippen molar-refractivity contribution in [1.82, 2.24) is 29.7 Å². The summed E-state index contributed by atoms with van der Waals surface area (Å²) in [6, 6.07) is -0.129. The summed E-state index contributed by atoms with van der Waals surface area (Å²) in [7, 11) is 0. The minimum absolute atomic E-state index is 0.102. The number of carbonyl (C=O) groups is 1. The van der Waals surface area contributed by atoms with Crippen LogP contribution in [0.2, 0.25) is 0 Å². The van der Waals surface area contributed by atoms with Gasteiger partial charge in [0.15, 0.2) is 35.4 Å². The molecule has 0 bridgehead atoms. The number of nitrogens with one attached hydrogen (secondary N) is 2. The summed E-state index contributed by atoms with van der Waals surface area (Å²) >= 11 is 0. The van der Waals surface area contributed by atoms with E-state index in [1.807, 2.05) is 13.8 Å². The van der Waals surface area contributed by atoms with Crippen LogP contribution in [0.1, 0.15) is 83.4 Å². The summed E-state index contributed by atoms with van der Waals surface area (Å²) < 4.78 is 18.9. The van der Waals surface area contributed by atoms with Crippen LogP contribution in [-0.4, -0.2) is 77.3 Å². The number of nitrogens with zero attached hydrogens (tertiary/aromatic N) is 6. The molecule has 39 heavy (non-hydrogen) atoms. The molecule has 3 aromatic rings. The molecule has 3 aromatic heterocycles. The molecular formula is C25H36N8O6. The van der Waals surface area contributed by atoms with Crippen LogP contribution in [0, 0.1) is 5.92 Å². The van der Waals surface area contributed by atoms with Crippen LogP contribution in [0.15, 0.2) is 10.7 Å². The van der Waals surface area contributed by atoms with Crippen molar-refractivity contribution in [2.24, 2.45) is 5.92 Å². The molecule has 1 aliphatic heterocycles. The second-order valence-electron chi connectivity index (χ2n) is 10.4. The highest BCUT2D eigenvalue weighted by Crippen LogP contribution is 2.44. The maximum absolute atomic E-state index is 11.4. The van der Waals surface area contributed by atoms with Crippen molar-refractivity contribution in [2.45, 2.75) is 95.9 Å². The van der Waals surface area contributed by atoms with Gasteiger partial charge >= 0.3 is 0 Å². The van der Waals surface area contributed by atoms with Crippen molar-refractivity contribution < 1.29 is 28.9 Å². The summed E-state index contributed by atoms with van der Waals surface area (Å²) in [5, 5.41) is 35.8. The Morgan fingerprint density at radius 3 is 2.56 bits per heavy atom. The van der Waals surface area contributed by atoms with E-state index in [1.54, 1.807) is 4.57 Å². The summed E-state index contributed by atoms with van der Waals surface area (Å²) in [4.78, 5) is 25.3. The van der Waals surface area contributed by atoms with E-state index in [1.165, 1.54) is 6.33 Å². The van der Waals surface area contributed by atoms with Crippen LogP contribution in [0.5, 0.6) is 0 Å². The lowest BCUT2D eigenvalue weighted by Crippen LogP contribution is -2.32. The van der Waals surface area contributed by atoms with Gasteiger partial charge in [0.1, 0.15) is 6.10 Å². The van der Waals surface area contributed by atoms with Gasteiger partial charge in [0.2, 0.25) is 17.7 Å². The Balaban J connectivity index is 1.54. The number of aliphatic hydroxyl groups is 2. The number of aliphatic hydroxyl groups excluding tert-OH is 2.